The van der Waals surface area contributed by atoms with Crippen molar-refractivity contribution in [1.82, 2.24) is 14.9 Å². The topological polar surface area (TPSA) is 40.5 Å². The van der Waals surface area contributed by atoms with Crippen LogP contribution in [0.25, 0.3) is 0 Å². The molecule has 3 heterocycles. The fourth-order valence-corrected chi connectivity index (χ4v) is 3.90. The van der Waals surface area contributed by atoms with Crippen molar-refractivity contribution in [3.8, 4) is 0 Å². The molecular formula is C18H26N4O2. The second kappa shape index (κ2) is 6.16. The summed E-state index contributed by atoms with van der Waals surface area (Å²) in [5.41, 5.74) is 3.31. The van der Waals surface area contributed by atoms with Crippen LogP contribution >= 0.6 is 0 Å². The quantitative estimate of drug-likeness (QED) is 0.793. The number of fused-ring (bicyclic) bond motifs is 2. The molecule has 0 N–H and O–H groups in total. The molecule has 0 aromatic rings. The highest BCUT2D eigenvalue weighted by Gasteiger charge is 2.37. The molecule has 24 heavy (non-hydrogen) atoms. The van der Waals surface area contributed by atoms with Crippen molar-refractivity contribution in [3.05, 3.63) is 34.7 Å². The van der Waals surface area contributed by atoms with E-state index in [1.54, 1.807) is 7.11 Å². The van der Waals surface area contributed by atoms with Crippen LogP contribution in [0.15, 0.2) is 39.7 Å². The van der Waals surface area contributed by atoms with E-state index in [0.29, 0.717) is 12.8 Å². The van der Waals surface area contributed by atoms with E-state index >= 15 is 0 Å². The van der Waals surface area contributed by atoms with Gasteiger partial charge in [-0.1, -0.05) is 0 Å². The Labute approximate surface area is 143 Å². The number of aliphatic imine (C=N–C) groups is 1. The van der Waals surface area contributed by atoms with Gasteiger partial charge in [0.1, 0.15) is 23.9 Å². The van der Waals surface area contributed by atoms with E-state index in [-0.39, 0.29) is 0 Å². The van der Waals surface area contributed by atoms with E-state index in [4.69, 9.17) is 14.6 Å². The molecule has 0 amide bonds. The van der Waals surface area contributed by atoms with Gasteiger partial charge in [0.15, 0.2) is 0 Å². The lowest BCUT2D eigenvalue weighted by Crippen LogP contribution is -2.42. The summed E-state index contributed by atoms with van der Waals surface area (Å²) in [6.45, 7) is 6.88. The van der Waals surface area contributed by atoms with Crippen LogP contribution in [-0.4, -0.2) is 54.0 Å². The van der Waals surface area contributed by atoms with Crippen LogP contribution in [0.5, 0.6) is 0 Å². The van der Waals surface area contributed by atoms with Crippen LogP contribution in [0.2, 0.25) is 0 Å². The number of ether oxygens (including phenoxy) is 1. The van der Waals surface area contributed by atoms with Crippen molar-refractivity contribution in [2.75, 3.05) is 26.9 Å². The van der Waals surface area contributed by atoms with Gasteiger partial charge < -0.3 is 14.5 Å². The zero-order valence-corrected chi connectivity index (χ0v) is 14.8. The molecule has 0 bridgehead atoms. The average Bonchev–Trinajstić information content (AvgIpc) is 3.25. The highest BCUT2D eigenvalue weighted by Crippen LogP contribution is 2.38. The van der Waals surface area contributed by atoms with Gasteiger partial charge in [-0.2, -0.15) is 0 Å². The first-order chi connectivity index (χ1) is 11.7. The van der Waals surface area contributed by atoms with Gasteiger partial charge >= 0.3 is 0 Å². The molecule has 1 saturated carbocycles. The largest absolute Gasteiger partial charge is 0.488 e. The monoisotopic (exact) mass is 330 g/mol. The molecule has 4 aliphatic rings. The Balaban J connectivity index is 1.69. The number of hydrogen-bond acceptors (Lipinski definition) is 6. The molecule has 0 aromatic carbocycles. The molecule has 6 heteroatoms. The summed E-state index contributed by atoms with van der Waals surface area (Å²) in [4.78, 5) is 14.8. The smallest absolute Gasteiger partial charge is 0.149 e. The summed E-state index contributed by atoms with van der Waals surface area (Å²) < 4.78 is 6.42. The summed E-state index contributed by atoms with van der Waals surface area (Å²) >= 11 is 0. The molecule has 0 aromatic heterocycles. The van der Waals surface area contributed by atoms with Crippen molar-refractivity contribution in [2.24, 2.45) is 4.99 Å². The fraction of sp³-hybridized carbons (Fsp3) is 0.611. The van der Waals surface area contributed by atoms with Gasteiger partial charge in [0.05, 0.1) is 31.3 Å². The van der Waals surface area contributed by atoms with Gasteiger partial charge in [-0.25, -0.2) is 10.1 Å². The summed E-state index contributed by atoms with van der Waals surface area (Å²) in [6.07, 6.45) is 9.12. The Kier molecular flexibility index (Phi) is 4.00. The molecule has 0 radical (unpaired) electrons. The third-order valence-electron chi connectivity index (χ3n) is 5.20. The third-order valence-corrected chi connectivity index (χ3v) is 5.20. The van der Waals surface area contributed by atoms with Crippen LogP contribution < -0.4 is 0 Å². The van der Waals surface area contributed by atoms with Crippen LogP contribution in [-0.2, 0) is 9.57 Å². The highest BCUT2D eigenvalue weighted by atomic mass is 16.7. The molecule has 6 nitrogen and oxygen atoms in total. The minimum atomic E-state index is 0.345. The van der Waals surface area contributed by atoms with Gasteiger partial charge in [0.25, 0.3) is 0 Å². The maximum atomic E-state index is 6.42. The minimum Gasteiger partial charge on any atom is -0.488 e. The Morgan fingerprint density at radius 2 is 2.08 bits per heavy atom. The number of hydrogen-bond donors (Lipinski definition) is 0. The second-order valence-corrected chi connectivity index (χ2v) is 6.80. The van der Waals surface area contributed by atoms with Crippen LogP contribution in [0.1, 0.15) is 39.5 Å². The summed E-state index contributed by atoms with van der Waals surface area (Å²) in [5, 5.41) is 1.83. The predicted molar refractivity (Wildman–Crippen MR) is 92.4 cm³/mol. The lowest BCUT2D eigenvalue weighted by atomic mass is 10.1. The molecule has 1 aliphatic carbocycles. The number of nitrogens with zero attached hydrogens (tertiary/aromatic N) is 4. The van der Waals surface area contributed by atoms with E-state index in [1.165, 1.54) is 18.4 Å². The summed E-state index contributed by atoms with van der Waals surface area (Å²) in [5.74, 6) is 2.14. The Bertz CT molecular complexity index is 643. The molecular weight excluding hydrogens is 304 g/mol. The molecule has 3 aliphatic heterocycles. The fourth-order valence-electron chi connectivity index (χ4n) is 3.90. The SMILES string of the molecule is CCN1CC(C)=C(OC2CCCC2)C2=C1N1CN(OC)C=C1C=N2. The van der Waals surface area contributed by atoms with E-state index in [2.05, 4.69) is 23.6 Å². The summed E-state index contributed by atoms with van der Waals surface area (Å²) in [6, 6.07) is 0. The molecule has 130 valence electrons. The normalized spacial score (nSPS) is 24.0. The minimum absolute atomic E-state index is 0.345. The first-order valence-electron chi connectivity index (χ1n) is 8.91. The van der Waals surface area contributed by atoms with E-state index in [1.807, 2.05) is 17.5 Å². The van der Waals surface area contributed by atoms with Crippen molar-refractivity contribution in [1.29, 1.82) is 0 Å². The van der Waals surface area contributed by atoms with E-state index in [0.717, 1.165) is 48.9 Å². The Morgan fingerprint density at radius 3 is 2.79 bits per heavy atom. The molecule has 0 unspecified atom stereocenters. The van der Waals surface area contributed by atoms with Crippen molar-refractivity contribution < 1.29 is 9.57 Å². The molecule has 0 atom stereocenters. The molecule has 0 saturated heterocycles. The van der Waals surface area contributed by atoms with Gasteiger partial charge in [0, 0.05) is 13.1 Å². The van der Waals surface area contributed by atoms with Gasteiger partial charge in [-0.15, -0.1) is 0 Å². The Morgan fingerprint density at radius 1 is 1.29 bits per heavy atom. The standard InChI is InChI=1S/C18H26N4O2/c1-4-20-10-13(2)17(24-15-7-5-6-8-15)16-18(20)22-12-21(23-3)11-14(22)9-19-16/h9,11,15H,4-8,10,12H2,1-3H3. The van der Waals surface area contributed by atoms with Crippen LogP contribution in [0.4, 0.5) is 0 Å². The maximum Gasteiger partial charge on any atom is 0.149 e. The third kappa shape index (κ3) is 2.49. The van der Waals surface area contributed by atoms with Gasteiger partial charge in [-0.05, 0) is 45.1 Å². The second-order valence-electron chi connectivity index (χ2n) is 6.80. The zero-order valence-electron chi connectivity index (χ0n) is 14.8. The Hall–Kier alpha value is -1.95. The van der Waals surface area contributed by atoms with Gasteiger partial charge in [0.2, 0.25) is 0 Å². The first kappa shape index (κ1) is 15.6. The number of allylic oxidation sites excluding steroid dienone is 1. The number of hydroxylamine groups is 2. The van der Waals surface area contributed by atoms with Crippen molar-refractivity contribution in [2.45, 2.75) is 45.6 Å². The van der Waals surface area contributed by atoms with Gasteiger partial charge in [-0.3, -0.25) is 4.84 Å². The number of rotatable bonds is 4. The average molecular weight is 330 g/mol. The molecule has 0 spiro atoms. The maximum absolute atomic E-state index is 6.42. The van der Waals surface area contributed by atoms with Crippen molar-refractivity contribution in [3.63, 3.8) is 0 Å². The highest BCUT2D eigenvalue weighted by molar-refractivity contribution is 5.82. The van der Waals surface area contributed by atoms with E-state index in [9.17, 15) is 0 Å². The van der Waals surface area contributed by atoms with Crippen molar-refractivity contribution >= 4 is 6.21 Å². The number of likely N-dealkylation sites (N-methyl/N-ethyl adjacent to an activating group) is 1. The lowest BCUT2D eigenvalue weighted by molar-refractivity contribution is -0.0972. The lowest BCUT2D eigenvalue weighted by Gasteiger charge is -2.40. The van der Waals surface area contributed by atoms with Crippen LogP contribution in [0.3, 0.4) is 0 Å². The predicted octanol–water partition coefficient (Wildman–Crippen LogP) is 2.79. The van der Waals surface area contributed by atoms with Crippen LogP contribution in [0, 0.1) is 0 Å². The van der Waals surface area contributed by atoms with E-state index < -0.39 is 0 Å². The molecule has 4 rings (SSSR count). The first-order valence-corrected chi connectivity index (χ1v) is 8.91. The summed E-state index contributed by atoms with van der Waals surface area (Å²) in [7, 11) is 1.69. The molecule has 1 fully saturated rings. The zero-order chi connectivity index (χ0) is 16.7.